The van der Waals surface area contributed by atoms with E-state index < -0.39 is 5.97 Å². The normalized spacial score (nSPS) is 9.69. The monoisotopic (exact) mass is 285 g/mol. The second-order valence-corrected chi connectivity index (χ2v) is 3.71. The molecular formula is C11H12BrNO3. The number of anilines is 1. The third-order valence-electron chi connectivity index (χ3n) is 2.13. The maximum absolute atomic E-state index is 11.4. The Hall–Kier alpha value is -1.36. The highest BCUT2D eigenvalue weighted by atomic mass is 79.9. The minimum atomic E-state index is -0.410. The fourth-order valence-electron chi connectivity index (χ4n) is 1.29. The lowest BCUT2D eigenvalue weighted by Crippen LogP contribution is -2.14. The van der Waals surface area contributed by atoms with Crippen LogP contribution in [0.3, 0.4) is 0 Å². The van der Waals surface area contributed by atoms with Crippen molar-refractivity contribution in [1.29, 1.82) is 0 Å². The summed E-state index contributed by atoms with van der Waals surface area (Å²) < 4.78 is 4.64. The summed E-state index contributed by atoms with van der Waals surface area (Å²) in [5, 5.41) is 2.90. The maximum atomic E-state index is 11.4. The van der Waals surface area contributed by atoms with Crippen molar-refractivity contribution < 1.29 is 14.3 Å². The van der Waals surface area contributed by atoms with Crippen LogP contribution in [0.5, 0.6) is 0 Å². The van der Waals surface area contributed by atoms with Gasteiger partial charge in [0.05, 0.1) is 18.0 Å². The van der Waals surface area contributed by atoms with Gasteiger partial charge in [0.1, 0.15) is 0 Å². The van der Waals surface area contributed by atoms with Gasteiger partial charge in [0.15, 0.2) is 0 Å². The van der Waals surface area contributed by atoms with Gasteiger partial charge in [-0.15, -0.1) is 0 Å². The molecule has 0 spiro atoms. The topological polar surface area (TPSA) is 55.4 Å². The number of benzene rings is 1. The Morgan fingerprint density at radius 1 is 1.44 bits per heavy atom. The predicted molar refractivity (Wildman–Crippen MR) is 64.9 cm³/mol. The van der Waals surface area contributed by atoms with Crippen molar-refractivity contribution in [1.82, 2.24) is 0 Å². The zero-order valence-corrected chi connectivity index (χ0v) is 10.6. The fourth-order valence-corrected chi connectivity index (χ4v) is 1.43. The van der Waals surface area contributed by atoms with Gasteiger partial charge in [0.25, 0.3) is 0 Å². The van der Waals surface area contributed by atoms with Crippen LogP contribution in [0.4, 0.5) is 5.69 Å². The van der Waals surface area contributed by atoms with Crippen LogP contribution in [0.15, 0.2) is 18.2 Å². The van der Waals surface area contributed by atoms with E-state index in [0.29, 0.717) is 16.8 Å². The molecule has 86 valence electrons. The molecular weight excluding hydrogens is 274 g/mol. The Labute approximate surface area is 102 Å². The molecule has 1 amide bonds. The zero-order valence-electron chi connectivity index (χ0n) is 9.04. The van der Waals surface area contributed by atoms with E-state index in [4.69, 9.17) is 0 Å². The van der Waals surface area contributed by atoms with Crippen LogP contribution in [0.25, 0.3) is 0 Å². The average Bonchev–Trinajstić information content (AvgIpc) is 2.30. The molecule has 0 radical (unpaired) electrons. The van der Waals surface area contributed by atoms with Crippen molar-refractivity contribution in [2.45, 2.75) is 6.92 Å². The molecule has 0 saturated heterocycles. The van der Waals surface area contributed by atoms with Gasteiger partial charge in [0.2, 0.25) is 5.91 Å². The molecule has 0 aliphatic carbocycles. The summed E-state index contributed by atoms with van der Waals surface area (Å²) in [5.74, 6) is -0.572. The highest BCUT2D eigenvalue weighted by Crippen LogP contribution is 2.19. The summed E-state index contributed by atoms with van der Waals surface area (Å²) in [6.07, 6.45) is 0. The standard InChI is InChI=1S/C11H12BrNO3/c1-7-8(11(15)16-2)4-3-5-9(7)13-10(14)6-12/h3-5H,6H2,1-2H3,(H,13,14). The fraction of sp³-hybridized carbons (Fsp3) is 0.273. The molecule has 1 aromatic rings. The van der Waals surface area contributed by atoms with Crippen molar-refractivity contribution in [2.24, 2.45) is 0 Å². The molecule has 5 heteroatoms. The first-order chi connectivity index (χ1) is 7.60. The molecule has 0 atom stereocenters. The Morgan fingerprint density at radius 2 is 2.12 bits per heavy atom. The summed E-state index contributed by atoms with van der Waals surface area (Å²) in [7, 11) is 1.32. The van der Waals surface area contributed by atoms with Crippen molar-refractivity contribution in [2.75, 3.05) is 17.8 Å². The molecule has 1 N–H and O–H groups in total. The second-order valence-electron chi connectivity index (χ2n) is 3.15. The summed E-state index contributed by atoms with van der Waals surface area (Å²) in [4.78, 5) is 22.6. The molecule has 0 bridgehead atoms. The van der Waals surface area contributed by atoms with Crippen LogP contribution in [0.2, 0.25) is 0 Å². The molecule has 16 heavy (non-hydrogen) atoms. The number of nitrogens with one attached hydrogen (secondary N) is 1. The lowest BCUT2D eigenvalue weighted by molar-refractivity contribution is -0.113. The molecule has 1 rings (SSSR count). The number of esters is 1. The molecule has 1 aromatic carbocycles. The molecule has 0 heterocycles. The Morgan fingerprint density at radius 3 is 2.69 bits per heavy atom. The Bertz CT molecular complexity index is 418. The van der Waals surface area contributed by atoms with E-state index in [0.717, 1.165) is 0 Å². The first kappa shape index (κ1) is 12.7. The highest BCUT2D eigenvalue weighted by Gasteiger charge is 2.12. The third-order valence-corrected chi connectivity index (χ3v) is 2.64. The predicted octanol–water partition coefficient (Wildman–Crippen LogP) is 2.12. The smallest absolute Gasteiger partial charge is 0.338 e. The van der Waals surface area contributed by atoms with Gasteiger partial charge in [-0.05, 0) is 24.6 Å². The van der Waals surface area contributed by atoms with Gasteiger partial charge >= 0.3 is 5.97 Å². The number of hydrogen-bond acceptors (Lipinski definition) is 3. The number of amides is 1. The van der Waals surface area contributed by atoms with E-state index in [1.807, 2.05) is 0 Å². The quantitative estimate of drug-likeness (QED) is 0.684. The SMILES string of the molecule is COC(=O)c1cccc(NC(=O)CBr)c1C. The third kappa shape index (κ3) is 2.82. The van der Waals surface area contributed by atoms with E-state index in [9.17, 15) is 9.59 Å². The van der Waals surface area contributed by atoms with Crippen LogP contribution < -0.4 is 5.32 Å². The Balaban J connectivity index is 3.04. The van der Waals surface area contributed by atoms with Crippen molar-refractivity contribution in [3.8, 4) is 0 Å². The van der Waals surface area contributed by atoms with E-state index in [1.54, 1.807) is 25.1 Å². The number of alkyl halides is 1. The minimum Gasteiger partial charge on any atom is -0.465 e. The molecule has 0 aliphatic heterocycles. The molecule has 0 unspecified atom stereocenters. The van der Waals surface area contributed by atoms with Crippen molar-refractivity contribution in [3.63, 3.8) is 0 Å². The second kappa shape index (κ2) is 5.65. The van der Waals surface area contributed by atoms with Gasteiger partial charge in [0, 0.05) is 5.69 Å². The number of ether oxygens (including phenoxy) is 1. The lowest BCUT2D eigenvalue weighted by Gasteiger charge is -2.10. The summed E-state index contributed by atoms with van der Waals surface area (Å²) in [6.45, 7) is 1.76. The summed E-state index contributed by atoms with van der Waals surface area (Å²) in [5.41, 5.74) is 1.77. The molecule has 0 aliphatic rings. The maximum Gasteiger partial charge on any atom is 0.338 e. The van der Waals surface area contributed by atoms with Gasteiger partial charge in [-0.25, -0.2) is 4.79 Å². The number of methoxy groups -OCH3 is 1. The van der Waals surface area contributed by atoms with Gasteiger partial charge < -0.3 is 10.1 Å². The van der Waals surface area contributed by atoms with Crippen molar-refractivity contribution >= 4 is 33.5 Å². The van der Waals surface area contributed by atoms with Gasteiger partial charge in [-0.1, -0.05) is 22.0 Å². The van der Waals surface area contributed by atoms with E-state index in [1.165, 1.54) is 7.11 Å². The average molecular weight is 286 g/mol. The molecule has 0 saturated carbocycles. The van der Waals surface area contributed by atoms with Gasteiger partial charge in [-0.3, -0.25) is 4.79 Å². The van der Waals surface area contributed by atoms with Crippen LogP contribution in [-0.2, 0) is 9.53 Å². The largest absolute Gasteiger partial charge is 0.465 e. The zero-order chi connectivity index (χ0) is 12.1. The number of carbonyl (C=O) groups is 2. The molecule has 0 aromatic heterocycles. The van der Waals surface area contributed by atoms with E-state index in [-0.39, 0.29) is 11.2 Å². The van der Waals surface area contributed by atoms with Crippen LogP contribution in [0, 0.1) is 6.92 Å². The van der Waals surface area contributed by atoms with Crippen LogP contribution >= 0.6 is 15.9 Å². The Kier molecular flexibility index (Phi) is 4.49. The first-order valence-corrected chi connectivity index (χ1v) is 5.76. The number of carbonyl (C=O) groups excluding carboxylic acids is 2. The number of halogens is 1. The van der Waals surface area contributed by atoms with Crippen molar-refractivity contribution in [3.05, 3.63) is 29.3 Å². The number of hydrogen-bond donors (Lipinski definition) is 1. The molecule has 4 nitrogen and oxygen atoms in total. The molecule has 0 fully saturated rings. The van der Waals surface area contributed by atoms with Gasteiger partial charge in [-0.2, -0.15) is 0 Å². The van der Waals surface area contributed by atoms with Crippen LogP contribution in [-0.4, -0.2) is 24.3 Å². The summed E-state index contributed by atoms with van der Waals surface area (Å²) in [6, 6.07) is 5.09. The first-order valence-electron chi connectivity index (χ1n) is 4.64. The van der Waals surface area contributed by atoms with E-state index in [2.05, 4.69) is 26.0 Å². The highest BCUT2D eigenvalue weighted by molar-refractivity contribution is 9.09. The summed E-state index contributed by atoms with van der Waals surface area (Å²) >= 11 is 3.05. The van der Waals surface area contributed by atoms with Crippen LogP contribution in [0.1, 0.15) is 15.9 Å². The number of rotatable bonds is 3. The lowest BCUT2D eigenvalue weighted by atomic mass is 10.1. The minimum absolute atomic E-state index is 0.162. The van der Waals surface area contributed by atoms with E-state index >= 15 is 0 Å².